The van der Waals surface area contributed by atoms with Crippen molar-refractivity contribution in [3.8, 4) is 0 Å². The second-order valence-corrected chi connectivity index (χ2v) is 6.28. The maximum absolute atomic E-state index is 6.23. The first kappa shape index (κ1) is 14.7. The van der Waals surface area contributed by atoms with Gasteiger partial charge in [0, 0.05) is 32.2 Å². The highest BCUT2D eigenvalue weighted by atomic mass is 35.5. The molecule has 1 unspecified atom stereocenters. The molecule has 2 aliphatic heterocycles. The minimum absolute atomic E-state index is 0.306. The van der Waals surface area contributed by atoms with E-state index in [2.05, 4.69) is 14.8 Å². The SMILES string of the molecule is Clc1cc(Cl)c(N2CCC(N3CCOCC3)C2)nc1Cl. The molecule has 4 nitrogen and oxygen atoms in total. The van der Waals surface area contributed by atoms with E-state index in [1.54, 1.807) is 6.07 Å². The Kier molecular flexibility index (Phi) is 4.58. The summed E-state index contributed by atoms with van der Waals surface area (Å²) in [5, 5.41) is 1.26. The monoisotopic (exact) mass is 335 g/mol. The summed E-state index contributed by atoms with van der Waals surface area (Å²) >= 11 is 18.2. The highest BCUT2D eigenvalue weighted by Crippen LogP contribution is 2.33. The van der Waals surface area contributed by atoms with Gasteiger partial charge in [-0.05, 0) is 12.5 Å². The largest absolute Gasteiger partial charge is 0.379 e. The summed E-state index contributed by atoms with van der Waals surface area (Å²) < 4.78 is 5.40. The number of ether oxygens (including phenoxy) is 1. The number of hydrogen-bond acceptors (Lipinski definition) is 4. The van der Waals surface area contributed by atoms with Gasteiger partial charge < -0.3 is 9.64 Å². The fourth-order valence-corrected chi connectivity index (χ4v) is 3.44. The van der Waals surface area contributed by atoms with Crippen LogP contribution in [-0.2, 0) is 4.74 Å². The van der Waals surface area contributed by atoms with E-state index in [1.807, 2.05) is 0 Å². The Morgan fingerprint density at radius 2 is 1.85 bits per heavy atom. The zero-order valence-corrected chi connectivity index (χ0v) is 13.3. The second-order valence-electron chi connectivity index (χ2n) is 5.10. The maximum atomic E-state index is 6.23. The summed E-state index contributed by atoms with van der Waals surface area (Å²) in [4.78, 5) is 8.98. The summed E-state index contributed by atoms with van der Waals surface area (Å²) in [7, 11) is 0. The Labute approximate surface area is 133 Å². The molecule has 0 N–H and O–H groups in total. The Bertz CT molecular complexity index is 494. The van der Waals surface area contributed by atoms with Crippen molar-refractivity contribution in [1.29, 1.82) is 0 Å². The number of nitrogens with zero attached hydrogens (tertiary/aromatic N) is 3. The maximum Gasteiger partial charge on any atom is 0.150 e. The lowest BCUT2D eigenvalue weighted by atomic mass is 10.2. The van der Waals surface area contributed by atoms with Gasteiger partial charge in [0.25, 0.3) is 0 Å². The lowest BCUT2D eigenvalue weighted by Gasteiger charge is -2.32. The molecule has 2 aliphatic rings. The predicted octanol–water partition coefficient (Wildman–Crippen LogP) is 2.95. The van der Waals surface area contributed by atoms with Gasteiger partial charge in [-0.3, -0.25) is 4.90 Å². The van der Waals surface area contributed by atoms with Crippen molar-refractivity contribution in [2.75, 3.05) is 44.3 Å². The van der Waals surface area contributed by atoms with Crippen LogP contribution in [0.4, 0.5) is 5.82 Å². The van der Waals surface area contributed by atoms with Crippen LogP contribution in [0.2, 0.25) is 15.2 Å². The number of pyridine rings is 1. The summed E-state index contributed by atoms with van der Waals surface area (Å²) in [6.45, 7) is 5.50. The lowest BCUT2D eigenvalue weighted by molar-refractivity contribution is 0.0209. The van der Waals surface area contributed by atoms with Crippen LogP contribution in [0.1, 0.15) is 6.42 Å². The van der Waals surface area contributed by atoms with Crippen molar-refractivity contribution in [3.63, 3.8) is 0 Å². The number of rotatable bonds is 2. The molecule has 1 aromatic heterocycles. The van der Waals surface area contributed by atoms with Crippen LogP contribution in [0, 0.1) is 0 Å². The molecule has 0 aromatic carbocycles. The predicted molar refractivity (Wildman–Crippen MR) is 82.3 cm³/mol. The minimum Gasteiger partial charge on any atom is -0.379 e. The molecule has 20 heavy (non-hydrogen) atoms. The molecule has 0 bridgehead atoms. The Hall–Kier alpha value is -0.260. The van der Waals surface area contributed by atoms with E-state index in [4.69, 9.17) is 39.5 Å². The summed E-state index contributed by atoms with van der Waals surface area (Å²) in [5.41, 5.74) is 0. The fraction of sp³-hybridized carbons (Fsp3) is 0.615. The zero-order valence-electron chi connectivity index (χ0n) is 11.0. The lowest BCUT2D eigenvalue weighted by Crippen LogP contribution is -2.44. The molecule has 2 fully saturated rings. The molecule has 110 valence electrons. The molecule has 0 amide bonds. The Morgan fingerprint density at radius 3 is 2.60 bits per heavy atom. The van der Waals surface area contributed by atoms with E-state index >= 15 is 0 Å². The standard InChI is InChI=1S/C13H16Cl3N3O/c14-10-7-11(15)13(17-12(10)16)19-2-1-9(8-19)18-3-5-20-6-4-18/h7,9H,1-6,8H2. The smallest absolute Gasteiger partial charge is 0.150 e. The summed E-state index contributed by atoms with van der Waals surface area (Å²) in [6, 6.07) is 2.20. The topological polar surface area (TPSA) is 28.6 Å². The molecule has 0 radical (unpaired) electrons. The van der Waals surface area contributed by atoms with Gasteiger partial charge >= 0.3 is 0 Å². The van der Waals surface area contributed by atoms with E-state index in [1.165, 1.54) is 0 Å². The van der Waals surface area contributed by atoms with Gasteiger partial charge in [0.15, 0.2) is 0 Å². The van der Waals surface area contributed by atoms with E-state index < -0.39 is 0 Å². The van der Waals surface area contributed by atoms with Crippen molar-refractivity contribution in [3.05, 3.63) is 21.3 Å². The molecular weight excluding hydrogens is 321 g/mol. The third-order valence-corrected chi connectivity index (χ3v) is 4.84. The van der Waals surface area contributed by atoms with E-state index in [0.717, 1.165) is 51.6 Å². The van der Waals surface area contributed by atoms with Gasteiger partial charge in [0.1, 0.15) is 11.0 Å². The molecule has 0 aliphatic carbocycles. The molecule has 0 spiro atoms. The first-order valence-electron chi connectivity index (χ1n) is 6.73. The van der Waals surface area contributed by atoms with E-state index in [0.29, 0.717) is 21.2 Å². The molecule has 7 heteroatoms. The van der Waals surface area contributed by atoms with Crippen LogP contribution in [0.3, 0.4) is 0 Å². The van der Waals surface area contributed by atoms with Crippen LogP contribution in [-0.4, -0.2) is 55.3 Å². The number of aromatic nitrogens is 1. The van der Waals surface area contributed by atoms with Gasteiger partial charge in [0.05, 0.1) is 23.3 Å². The van der Waals surface area contributed by atoms with Gasteiger partial charge in [-0.1, -0.05) is 34.8 Å². The summed E-state index contributed by atoms with van der Waals surface area (Å²) in [6.07, 6.45) is 1.11. The average Bonchev–Trinajstić information content (AvgIpc) is 2.93. The van der Waals surface area contributed by atoms with Crippen molar-refractivity contribution in [1.82, 2.24) is 9.88 Å². The van der Waals surface area contributed by atoms with Crippen LogP contribution in [0.5, 0.6) is 0 Å². The van der Waals surface area contributed by atoms with Gasteiger partial charge in [-0.2, -0.15) is 0 Å². The number of anilines is 1. The van der Waals surface area contributed by atoms with Crippen molar-refractivity contribution in [2.24, 2.45) is 0 Å². The molecule has 3 rings (SSSR count). The number of morpholine rings is 1. The van der Waals surface area contributed by atoms with Crippen molar-refractivity contribution < 1.29 is 4.74 Å². The van der Waals surface area contributed by atoms with E-state index in [-0.39, 0.29) is 0 Å². The minimum atomic E-state index is 0.306. The van der Waals surface area contributed by atoms with Crippen molar-refractivity contribution in [2.45, 2.75) is 12.5 Å². The third kappa shape index (κ3) is 3.00. The first-order chi connectivity index (χ1) is 9.65. The van der Waals surface area contributed by atoms with Crippen molar-refractivity contribution >= 4 is 40.6 Å². The second kappa shape index (κ2) is 6.24. The fourth-order valence-electron chi connectivity index (χ4n) is 2.83. The zero-order chi connectivity index (χ0) is 14.1. The Morgan fingerprint density at radius 1 is 1.10 bits per heavy atom. The van der Waals surface area contributed by atoms with Crippen LogP contribution >= 0.6 is 34.8 Å². The summed E-state index contributed by atoms with van der Waals surface area (Å²) in [5.74, 6) is 0.733. The normalized spacial score (nSPS) is 24.4. The average molecular weight is 337 g/mol. The van der Waals surface area contributed by atoms with Gasteiger partial charge in [0.2, 0.25) is 0 Å². The number of hydrogen-bond donors (Lipinski definition) is 0. The molecule has 0 saturated carbocycles. The molecule has 2 saturated heterocycles. The highest BCUT2D eigenvalue weighted by molar-refractivity contribution is 6.42. The van der Waals surface area contributed by atoms with Gasteiger partial charge in [-0.25, -0.2) is 4.98 Å². The molecule has 3 heterocycles. The van der Waals surface area contributed by atoms with Gasteiger partial charge in [-0.15, -0.1) is 0 Å². The first-order valence-corrected chi connectivity index (χ1v) is 7.87. The number of halogens is 3. The Balaban J connectivity index is 1.72. The van der Waals surface area contributed by atoms with Crippen LogP contribution in [0.25, 0.3) is 0 Å². The highest BCUT2D eigenvalue weighted by Gasteiger charge is 2.30. The third-order valence-electron chi connectivity index (χ3n) is 3.89. The van der Waals surface area contributed by atoms with Crippen LogP contribution < -0.4 is 4.90 Å². The molecular formula is C13H16Cl3N3O. The van der Waals surface area contributed by atoms with E-state index in [9.17, 15) is 0 Å². The quantitative estimate of drug-likeness (QED) is 0.776. The van der Waals surface area contributed by atoms with Crippen LogP contribution in [0.15, 0.2) is 6.07 Å². The molecule has 1 atom stereocenters. The molecule has 1 aromatic rings.